The third-order valence-corrected chi connectivity index (χ3v) is 5.25. The normalized spacial score (nSPS) is 10.8. The molecule has 0 unspecified atom stereocenters. The smallest absolute Gasteiger partial charge is 0.230 e. The van der Waals surface area contributed by atoms with Crippen molar-refractivity contribution in [3.63, 3.8) is 0 Å². The van der Waals surface area contributed by atoms with Crippen LogP contribution in [0.3, 0.4) is 0 Å². The number of methoxy groups -OCH3 is 1. The molecule has 0 spiro atoms. The molecule has 2 aromatic heterocycles. The number of pyridine rings is 1. The third-order valence-electron chi connectivity index (χ3n) is 4.29. The molecule has 0 aliphatic carbocycles. The van der Waals surface area contributed by atoms with E-state index in [0.717, 1.165) is 16.3 Å². The Balaban J connectivity index is 1.51. The molecule has 0 fully saturated rings. The summed E-state index contributed by atoms with van der Waals surface area (Å²) >= 11 is 1.37. The Morgan fingerprint density at radius 1 is 1.17 bits per heavy atom. The van der Waals surface area contributed by atoms with Crippen LogP contribution in [0.15, 0.2) is 54.2 Å². The molecule has 1 N–H and O–H groups in total. The summed E-state index contributed by atoms with van der Waals surface area (Å²) in [7, 11) is 1.60. The predicted molar refractivity (Wildman–Crippen MR) is 115 cm³/mol. The molecule has 9 heteroatoms. The lowest BCUT2D eigenvalue weighted by atomic mass is 10.2. The topological polar surface area (TPSA) is 91.2 Å². The highest BCUT2D eigenvalue weighted by atomic mass is 32.2. The number of rotatable bonds is 10. The highest BCUT2D eigenvalue weighted by Crippen LogP contribution is 2.29. The van der Waals surface area contributed by atoms with Gasteiger partial charge in [0.1, 0.15) is 12.9 Å². The Hall–Kier alpha value is -3.07. The average molecular weight is 428 g/mol. The first-order valence-electron chi connectivity index (χ1n) is 9.54. The molecule has 0 saturated heterocycles. The van der Waals surface area contributed by atoms with E-state index in [2.05, 4.69) is 20.5 Å². The van der Waals surface area contributed by atoms with Gasteiger partial charge in [0, 0.05) is 25.0 Å². The van der Waals surface area contributed by atoms with E-state index < -0.39 is 0 Å². The van der Waals surface area contributed by atoms with Crippen LogP contribution < -0.4 is 14.8 Å². The van der Waals surface area contributed by atoms with Crippen molar-refractivity contribution >= 4 is 17.7 Å². The van der Waals surface area contributed by atoms with Gasteiger partial charge < -0.3 is 19.4 Å². The number of carbonyl (C=O) groups is 1. The first kappa shape index (κ1) is 21.6. The molecule has 0 aliphatic rings. The Morgan fingerprint density at radius 3 is 2.70 bits per heavy atom. The van der Waals surface area contributed by atoms with Crippen LogP contribution in [0, 0.1) is 0 Å². The van der Waals surface area contributed by atoms with Crippen LogP contribution in [0.25, 0.3) is 0 Å². The zero-order valence-corrected chi connectivity index (χ0v) is 18.1. The molecular formula is C21H25N5O3S. The summed E-state index contributed by atoms with van der Waals surface area (Å²) in [6.45, 7) is 4.92. The van der Waals surface area contributed by atoms with E-state index >= 15 is 0 Å². The zero-order valence-electron chi connectivity index (χ0n) is 17.2. The second kappa shape index (κ2) is 10.6. The van der Waals surface area contributed by atoms with E-state index in [-0.39, 0.29) is 17.7 Å². The van der Waals surface area contributed by atoms with Crippen LogP contribution in [0.4, 0.5) is 0 Å². The Labute approximate surface area is 180 Å². The van der Waals surface area contributed by atoms with Gasteiger partial charge in [-0.2, -0.15) is 0 Å². The molecule has 0 saturated carbocycles. The fraction of sp³-hybridized carbons (Fsp3) is 0.333. The van der Waals surface area contributed by atoms with E-state index in [1.165, 1.54) is 11.8 Å². The van der Waals surface area contributed by atoms with Crippen LogP contribution in [-0.4, -0.2) is 38.5 Å². The van der Waals surface area contributed by atoms with Crippen molar-refractivity contribution < 1.29 is 14.3 Å². The van der Waals surface area contributed by atoms with E-state index in [9.17, 15) is 4.79 Å². The van der Waals surface area contributed by atoms with Crippen LogP contribution in [0.2, 0.25) is 0 Å². The molecule has 30 heavy (non-hydrogen) atoms. The minimum Gasteiger partial charge on any atom is -0.493 e. The van der Waals surface area contributed by atoms with Gasteiger partial charge in [-0.3, -0.25) is 9.78 Å². The van der Waals surface area contributed by atoms with Gasteiger partial charge in [-0.1, -0.05) is 17.8 Å². The number of nitrogens with zero attached hydrogens (tertiary/aromatic N) is 4. The van der Waals surface area contributed by atoms with Crippen molar-refractivity contribution in [2.75, 3.05) is 12.9 Å². The van der Waals surface area contributed by atoms with Gasteiger partial charge in [-0.15, -0.1) is 10.2 Å². The van der Waals surface area contributed by atoms with Gasteiger partial charge in [-0.25, -0.2) is 0 Å². The van der Waals surface area contributed by atoms with Gasteiger partial charge >= 0.3 is 0 Å². The summed E-state index contributed by atoms with van der Waals surface area (Å²) in [6, 6.07) is 9.67. The molecular weight excluding hydrogens is 402 g/mol. The second-order valence-corrected chi connectivity index (χ2v) is 7.75. The van der Waals surface area contributed by atoms with Gasteiger partial charge in [0.15, 0.2) is 16.7 Å². The molecule has 8 nitrogen and oxygen atoms in total. The van der Waals surface area contributed by atoms with Crippen molar-refractivity contribution in [1.29, 1.82) is 0 Å². The number of aromatic nitrogens is 4. The number of nitrogens with one attached hydrogen (secondary N) is 1. The van der Waals surface area contributed by atoms with Crippen molar-refractivity contribution in [1.82, 2.24) is 25.1 Å². The van der Waals surface area contributed by atoms with E-state index in [0.29, 0.717) is 24.7 Å². The lowest BCUT2D eigenvalue weighted by Crippen LogP contribution is -2.24. The molecule has 1 aromatic carbocycles. The zero-order chi connectivity index (χ0) is 21.3. The summed E-state index contributed by atoms with van der Waals surface area (Å²) < 4.78 is 13.2. The quantitative estimate of drug-likeness (QED) is 0.497. The summed E-state index contributed by atoms with van der Waals surface area (Å²) in [5.41, 5.74) is 1.95. The van der Waals surface area contributed by atoms with Crippen LogP contribution in [0.1, 0.15) is 31.0 Å². The van der Waals surface area contributed by atoms with Crippen LogP contribution >= 0.6 is 11.8 Å². The van der Waals surface area contributed by atoms with E-state index in [4.69, 9.17) is 9.47 Å². The monoisotopic (exact) mass is 427 g/mol. The second-order valence-electron chi connectivity index (χ2n) is 6.81. The summed E-state index contributed by atoms with van der Waals surface area (Å²) in [5.74, 6) is 1.47. The van der Waals surface area contributed by atoms with Crippen molar-refractivity contribution in [2.45, 2.75) is 38.2 Å². The number of carbonyl (C=O) groups excluding carboxylic acids is 1. The summed E-state index contributed by atoms with van der Waals surface area (Å²) in [4.78, 5) is 16.2. The molecule has 3 aromatic rings. The predicted octanol–water partition coefficient (Wildman–Crippen LogP) is 3.25. The number of hydrogen-bond acceptors (Lipinski definition) is 7. The maximum Gasteiger partial charge on any atom is 0.230 e. The van der Waals surface area contributed by atoms with Gasteiger partial charge in [0.05, 0.1) is 12.9 Å². The average Bonchev–Trinajstić information content (AvgIpc) is 3.25. The van der Waals surface area contributed by atoms with Crippen LogP contribution in [0.5, 0.6) is 11.5 Å². The van der Waals surface area contributed by atoms with Crippen molar-refractivity contribution in [3.05, 3.63) is 60.2 Å². The molecule has 0 bridgehead atoms. The molecule has 158 valence electrons. The molecule has 0 aliphatic heterocycles. The van der Waals surface area contributed by atoms with Crippen molar-refractivity contribution in [2.24, 2.45) is 0 Å². The van der Waals surface area contributed by atoms with Gasteiger partial charge in [0.2, 0.25) is 5.91 Å². The molecule has 0 radical (unpaired) electrons. The third kappa shape index (κ3) is 5.96. The molecule has 3 rings (SSSR count). The summed E-state index contributed by atoms with van der Waals surface area (Å²) in [6.07, 6.45) is 5.13. The standard InChI is InChI=1S/C21H25N5O3S/c1-15(2)26-14-24-25-21(26)30-13-20(27)23-11-17-4-5-18(19(10-17)28-3)29-12-16-6-8-22-9-7-16/h4-10,14-15H,11-13H2,1-3H3,(H,23,27). The van der Waals surface area contributed by atoms with Gasteiger partial charge in [-0.05, 0) is 49.2 Å². The Morgan fingerprint density at radius 2 is 1.97 bits per heavy atom. The number of benzene rings is 1. The fourth-order valence-corrected chi connectivity index (χ4v) is 3.53. The maximum absolute atomic E-state index is 12.2. The Kier molecular flexibility index (Phi) is 7.67. The number of thioether (sulfide) groups is 1. The number of hydrogen-bond donors (Lipinski definition) is 1. The highest BCUT2D eigenvalue weighted by Gasteiger charge is 2.11. The number of ether oxygens (including phenoxy) is 2. The SMILES string of the molecule is COc1cc(CNC(=O)CSc2nncn2C(C)C)ccc1OCc1ccncc1. The lowest BCUT2D eigenvalue weighted by molar-refractivity contribution is -0.118. The van der Waals surface area contributed by atoms with E-state index in [1.54, 1.807) is 25.8 Å². The highest BCUT2D eigenvalue weighted by molar-refractivity contribution is 7.99. The first-order chi connectivity index (χ1) is 14.6. The summed E-state index contributed by atoms with van der Waals surface area (Å²) in [5, 5.41) is 11.6. The molecule has 0 atom stereocenters. The first-order valence-corrected chi connectivity index (χ1v) is 10.5. The van der Waals surface area contributed by atoms with Crippen molar-refractivity contribution in [3.8, 4) is 11.5 Å². The molecule has 2 heterocycles. The fourth-order valence-electron chi connectivity index (χ4n) is 2.65. The Bertz CT molecular complexity index is 962. The van der Waals surface area contributed by atoms with E-state index in [1.807, 2.05) is 48.7 Å². The largest absolute Gasteiger partial charge is 0.493 e. The number of amides is 1. The lowest BCUT2D eigenvalue weighted by Gasteiger charge is -2.13. The van der Waals surface area contributed by atoms with Gasteiger partial charge in [0.25, 0.3) is 0 Å². The maximum atomic E-state index is 12.2. The minimum atomic E-state index is -0.0738. The minimum absolute atomic E-state index is 0.0738. The molecule has 1 amide bonds. The van der Waals surface area contributed by atoms with Crippen LogP contribution in [-0.2, 0) is 17.9 Å².